The third kappa shape index (κ3) is 1.20. The highest BCUT2D eigenvalue weighted by Gasteiger charge is 2.24. The van der Waals surface area contributed by atoms with E-state index in [9.17, 15) is 0 Å². The SMILES string of the molecule is [CH]1CN(C2CCCCC2)C1. The number of nitrogens with zero attached hydrogens (tertiary/aromatic N) is 1. The summed E-state index contributed by atoms with van der Waals surface area (Å²) in [6, 6.07) is 0.957. The lowest BCUT2D eigenvalue weighted by Crippen LogP contribution is -2.46. The maximum atomic E-state index is 2.61. The van der Waals surface area contributed by atoms with E-state index in [1.54, 1.807) is 0 Å². The van der Waals surface area contributed by atoms with Crippen molar-refractivity contribution in [3.8, 4) is 0 Å². The summed E-state index contributed by atoms with van der Waals surface area (Å²) in [5.74, 6) is 0. The van der Waals surface area contributed by atoms with Gasteiger partial charge < -0.3 is 0 Å². The molecule has 57 valence electrons. The minimum atomic E-state index is 0.957. The van der Waals surface area contributed by atoms with Crippen molar-refractivity contribution < 1.29 is 0 Å². The van der Waals surface area contributed by atoms with E-state index in [2.05, 4.69) is 11.3 Å². The predicted molar refractivity (Wildman–Crippen MR) is 42.7 cm³/mol. The average molecular weight is 138 g/mol. The van der Waals surface area contributed by atoms with Crippen LogP contribution >= 0.6 is 0 Å². The van der Waals surface area contributed by atoms with E-state index in [0.717, 1.165) is 6.04 Å². The van der Waals surface area contributed by atoms with Gasteiger partial charge in [0.25, 0.3) is 0 Å². The highest BCUT2D eigenvalue weighted by Crippen LogP contribution is 2.25. The van der Waals surface area contributed by atoms with E-state index in [1.165, 1.54) is 45.2 Å². The second-order valence-corrected chi connectivity index (χ2v) is 3.53. The van der Waals surface area contributed by atoms with Gasteiger partial charge in [0.15, 0.2) is 0 Å². The van der Waals surface area contributed by atoms with E-state index < -0.39 is 0 Å². The van der Waals surface area contributed by atoms with Crippen LogP contribution in [0.25, 0.3) is 0 Å². The zero-order chi connectivity index (χ0) is 6.81. The molecule has 0 atom stereocenters. The van der Waals surface area contributed by atoms with Crippen molar-refractivity contribution in [2.75, 3.05) is 13.1 Å². The third-order valence-electron chi connectivity index (χ3n) is 2.82. The topological polar surface area (TPSA) is 3.24 Å². The maximum Gasteiger partial charge on any atom is 0.00955 e. The first-order chi connectivity index (χ1) is 4.97. The summed E-state index contributed by atoms with van der Waals surface area (Å²) in [6.07, 6.45) is 9.73. The summed E-state index contributed by atoms with van der Waals surface area (Å²) in [4.78, 5) is 2.61. The highest BCUT2D eigenvalue weighted by molar-refractivity contribution is 4.91. The molecule has 0 bridgehead atoms. The van der Waals surface area contributed by atoms with E-state index in [4.69, 9.17) is 0 Å². The molecule has 1 radical (unpaired) electrons. The van der Waals surface area contributed by atoms with Gasteiger partial charge in [0.1, 0.15) is 0 Å². The molecular formula is C9H16N. The fourth-order valence-electron chi connectivity index (χ4n) is 2.02. The minimum Gasteiger partial charge on any atom is -0.300 e. The molecule has 0 unspecified atom stereocenters. The lowest BCUT2D eigenvalue weighted by Gasteiger charge is -2.40. The Morgan fingerprint density at radius 3 is 2.20 bits per heavy atom. The standard InChI is InChI=1S/C9H16N/c1-2-5-9(6-3-1)10-7-4-8-10/h4,9H,1-3,5-8H2. The van der Waals surface area contributed by atoms with Crippen molar-refractivity contribution in [2.24, 2.45) is 0 Å². The molecule has 0 aromatic heterocycles. The monoisotopic (exact) mass is 138 g/mol. The van der Waals surface area contributed by atoms with Crippen LogP contribution in [0, 0.1) is 6.42 Å². The number of likely N-dealkylation sites (tertiary alicyclic amines) is 1. The van der Waals surface area contributed by atoms with Gasteiger partial charge in [0.05, 0.1) is 0 Å². The lowest BCUT2D eigenvalue weighted by molar-refractivity contribution is 0.133. The maximum absolute atomic E-state index is 2.61. The molecule has 1 nitrogen and oxygen atoms in total. The Balaban J connectivity index is 1.78. The molecule has 0 N–H and O–H groups in total. The van der Waals surface area contributed by atoms with Crippen molar-refractivity contribution in [1.29, 1.82) is 0 Å². The molecule has 2 rings (SSSR count). The zero-order valence-electron chi connectivity index (χ0n) is 6.55. The van der Waals surface area contributed by atoms with Crippen LogP contribution in [0.5, 0.6) is 0 Å². The molecule has 10 heavy (non-hydrogen) atoms. The summed E-state index contributed by atoms with van der Waals surface area (Å²) in [6.45, 7) is 2.54. The Hall–Kier alpha value is -0.0400. The van der Waals surface area contributed by atoms with Crippen molar-refractivity contribution in [3.05, 3.63) is 6.42 Å². The van der Waals surface area contributed by atoms with Crippen LogP contribution in [-0.4, -0.2) is 24.0 Å². The third-order valence-corrected chi connectivity index (χ3v) is 2.82. The Morgan fingerprint density at radius 1 is 1.00 bits per heavy atom. The van der Waals surface area contributed by atoms with Gasteiger partial charge in [-0.1, -0.05) is 19.3 Å². The van der Waals surface area contributed by atoms with E-state index in [1.807, 2.05) is 0 Å². The zero-order valence-corrected chi connectivity index (χ0v) is 6.55. The van der Waals surface area contributed by atoms with E-state index in [0.29, 0.717) is 0 Å². The van der Waals surface area contributed by atoms with Crippen molar-refractivity contribution >= 4 is 0 Å². The van der Waals surface area contributed by atoms with Gasteiger partial charge in [-0.2, -0.15) is 0 Å². The van der Waals surface area contributed by atoms with Crippen molar-refractivity contribution in [1.82, 2.24) is 4.90 Å². The van der Waals surface area contributed by atoms with Gasteiger partial charge in [-0.15, -0.1) is 0 Å². The normalized spacial score (nSPS) is 30.0. The smallest absolute Gasteiger partial charge is 0.00955 e. The molecular weight excluding hydrogens is 122 g/mol. The fraction of sp³-hybridized carbons (Fsp3) is 0.889. The first kappa shape index (κ1) is 6.66. The summed E-state index contributed by atoms with van der Waals surface area (Å²) in [7, 11) is 0. The molecule has 2 fully saturated rings. The van der Waals surface area contributed by atoms with Gasteiger partial charge in [-0.25, -0.2) is 0 Å². The minimum absolute atomic E-state index is 0.957. The number of hydrogen-bond donors (Lipinski definition) is 0. The fourth-order valence-corrected chi connectivity index (χ4v) is 2.02. The van der Waals surface area contributed by atoms with Crippen molar-refractivity contribution in [3.63, 3.8) is 0 Å². The highest BCUT2D eigenvalue weighted by atomic mass is 15.2. The summed E-state index contributed by atoms with van der Waals surface area (Å²) in [5, 5.41) is 0. The molecule has 1 saturated carbocycles. The molecule has 1 heteroatoms. The molecule has 2 aliphatic rings. The Kier molecular flexibility index (Phi) is 1.94. The van der Waals surface area contributed by atoms with E-state index >= 15 is 0 Å². The summed E-state index contributed by atoms with van der Waals surface area (Å²) in [5.41, 5.74) is 0. The van der Waals surface area contributed by atoms with Crippen LogP contribution in [0.2, 0.25) is 0 Å². The number of rotatable bonds is 1. The summed E-state index contributed by atoms with van der Waals surface area (Å²) >= 11 is 0. The van der Waals surface area contributed by atoms with Gasteiger partial charge >= 0.3 is 0 Å². The average Bonchev–Trinajstić information content (AvgIpc) is 1.86. The van der Waals surface area contributed by atoms with Gasteiger partial charge in [-0.3, -0.25) is 4.90 Å². The van der Waals surface area contributed by atoms with Gasteiger partial charge in [-0.05, 0) is 19.3 Å². The molecule has 1 aliphatic heterocycles. The Bertz CT molecular complexity index is 101. The van der Waals surface area contributed by atoms with Crippen LogP contribution in [0.1, 0.15) is 32.1 Å². The van der Waals surface area contributed by atoms with Crippen LogP contribution in [0.4, 0.5) is 0 Å². The second kappa shape index (κ2) is 2.91. The molecule has 1 saturated heterocycles. The lowest BCUT2D eigenvalue weighted by atomic mass is 9.92. The van der Waals surface area contributed by atoms with Gasteiger partial charge in [0.2, 0.25) is 0 Å². The first-order valence-corrected chi connectivity index (χ1v) is 4.52. The van der Waals surface area contributed by atoms with Gasteiger partial charge in [0, 0.05) is 19.1 Å². The molecule has 1 heterocycles. The van der Waals surface area contributed by atoms with Crippen LogP contribution in [0.3, 0.4) is 0 Å². The molecule has 0 spiro atoms. The Labute approximate surface area is 63.4 Å². The van der Waals surface area contributed by atoms with Crippen LogP contribution < -0.4 is 0 Å². The largest absolute Gasteiger partial charge is 0.300 e. The van der Waals surface area contributed by atoms with Crippen LogP contribution in [-0.2, 0) is 0 Å². The Morgan fingerprint density at radius 2 is 1.70 bits per heavy atom. The second-order valence-electron chi connectivity index (χ2n) is 3.53. The first-order valence-electron chi connectivity index (χ1n) is 4.52. The quantitative estimate of drug-likeness (QED) is 0.534. The molecule has 0 amide bonds. The molecule has 1 aliphatic carbocycles. The summed E-state index contributed by atoms with van der Waals surface area (Å²) < 4.78 is 0. The van der Waals surface area contributed by atoms with Crippen LogP contribution in [0.15, 0.2) is 0 Å². The van der Waals surface area contributed by atoms with E-state index in [-0.39, 0.29) is 0 Å². The van der Waals surface area contributed by atoms with Crippen molar-refractivity contribution in [2.45, 2.75) is 38.1 Å². The predicted octanol–water partition coefficient (Wildman–Crippen LogP) is 1.84. The molecule has 0 aromatic rings. The number of hydrogen-bond acceptors (Lipinski definition) is 1. The molecule has 0 aromatic carbocycles.